The zero-order chi connectivity index (χ0) is 14.7. The quantitative estimate of drug-likeness (QED) is 0.834. The Balaban J connectivity index is 2.53. The molecule has 0 atom stereocenters. The lowest BCUT2D eigenvalue weighted by atomic mass is 10.1. The van der Waals surface area contributed by atoms with Crippen LogP contribution in [0.2, 0.25) is 5.02 Å². The van der Waals surface area contributed by atoms with Crippen molar-refractivity contribution < 1.29 is 4.39 Å². The second kappa shape index (κ2) is 5.88. The number of halogens is 2. The van der Waals surface area contributed by atoms with Crippen molar-refractivity contribution in [2.45, 2.75) is 6.54 Å². The molecule has 1 aromatic heterocycles. The summed E-state index contributed by atoms with van der Waals surface area (Å²) in [6.07, 6.45) is 4.65. The Hall–Kier alpha value is -2.13. The summed E-state index contributed by atoms with van der Waals surface area (Å²) in [7, 11) is 0. The Bertz CT molecular complexity index is 713. The summed E-state index contributed by atoms with van der Waals surface area (Å²) < 4.78 is 15.2. The highest BCUT2D eigenvalue weighted by molar-refractivity contribution is 6.31. The molecule has 0 radical (unpaired) electrons. The molecule has 0 aliphatic rings. The van der Waals surface area contributed by atoms with Crippen LogP contribution in [0.5, 0.6) is 0 Å². The number of hydrogen-bond acceptors (Lipinski definition) is 1. The highest BCUT2D eigenvalue weighted by Gasteiger charge is 2.10. The van der Waals surface area contributed by atoms with Crippen molar-refractivity contribution in [3.8, 4) is 0 Å². The molecule has 20 heavy (non-hydrogen) atoms. The Labute approximate surface area is 121 Å². The first kappa shape index (κ1) is 14.3. The average molecular weight is 290 g/mol. The summed E-state index contributed by atoms with van der Waals surface area (Å²) in [6, 6.07) is 6.18. The number of nitrogens with zero attached hydrogens (tertiary/aromatic N) is 1. The molecule has 0 fully saturated rings. The van der Waals surface area contributed by atoms with Crippen molar-refractivity contribution >= 4 is 23.8 Å². The van der Waals surface area contributed by atoms with Crippen LogP contribution < -0.4 is 5.56 Å². The van der Waals surface area contributed by atoms with Crippen molar-refractivity contribution in [2.75, 3.05) is 0 Å². The lowest BCUT2D eigenvalue weighted by Crippen LogP contribution is -2.23. The van der Waals surface area contributed by atoms with Crippen molar-refractivity contribution in [3.63, 3.8) is 0 Å². The maximum Gasteiger partial charge on any atom is 0.258 e. The maximum atomic E-state index is 13.8. The molecule has 0 saturated carbocycles. The molecule has 0 amide bonds. The summed E-state index contributed by atoms with van der Waals surface area (Å²) in [5.41, 5.74) is 1.17. The molecule has 0 unspecified atom stereocenters. The number of rotatable bonds is 4. The van der Waals surface area contributed by atoms with E-state index in [9.17, 15) is 9.18 Å². The molecule has 0 aliphatic heterocycles. The monoisotopic (exact) mass is 289 g/mol. The SMILES string of the molecule is C=Cc1ccn(Cc2c(F)cccc2Cl)c(=O)c1C=C. The molecule has 4 heteroatoms. The van der Waals surface area contributed by atoms with Gasteiger partial charge in [-0.1, -0.05) is 43.0 Å². The van der Waals surface area contributed by atoms with Crippen LogP contribution in [-0.4, -0.2) is 4.57 Å². The van der Waals surface area contributed by atoms with Gasteiger partial charge in [0.2, 0.25) is 0 Å². The molecule has 2 aromatic rings. The largest absolute Gasteiger partial charge is 0.310 e. The first-order chi connectivity index (χ1) is 9.58. The zero-order valence-corrected chi connectivity index (χ0v) is 11.5. The second-order valence-electron chi connectivity index (χ2n) is 4.23. The third-order valence-corrected chi connectivity index (χ3v) is 3.40. The van der Waals surface area contributed by atoms with E-state index < -0.39 is 5.82 Å². The minimum Gasteiger partial charge on any atom is -0.310 e. The van der Waals surface area contributed by atoms with Crippen LogP contribution in [0.3, 0.4) is 0 Å². The fourth-order valence-corrected chi connectivity index (χ4v) is 2.19. The van der Waals surface area contributed by atoms with Gasteiger partial charge in [-0.25, -0.2) is 4.39 Å². The number of aromatic nitrogens is 1. The van der Waals surface area contributed by atoms with Gasteiger partial charge < -0.3 is 4.57 Å². The van der Waals surface area contributed by atoms with Gasteiger partial charge in [0.1, 0.15) is 5.82 Å². The third-order valence-electron chi connectivity index (χ3n) is 3.05. The summed E-state index contributed by atoms with van der Waals surface area (Å²) >= 11 is 5.97. The summed E-state index contributed by atoms with van der Waals surface area (Å²) in [5, 5.41) is 0.296. The van der Waals surface area contributed by atoms with Crippen LogP contribution in [0.4, 0.5) is 4.39 Å². The molecule has 1 aromatic carbocycles. The predicted molar refractivity (Wildman–Crippen MR) is 81.4 cm³/mol. The van der Waals surface area contributed by atoms with Gasteiger partial charge in [0.05, 0.1) is 6.54 Å². The van der Waals surface area contributed by atoms with E-state index in [0.29, 0.717) is 16.1 Å². The number of hydrogen-bond donors (Lipinski definition) is 0. The van der Waals surface area contributed by atoms with Gasteiger partial charge in [0, 0.05) is 22.3 Å². The van der Waals surface area contributed by atoms with E-state index >= 15 is 0 Å². The zero-order valence-electron chi connectivity index (χ0n) is 10.8. The molecule has 0 spiro atoms. The minimum atomic E-state index is -0.433. The Morgan fingerprint density at radius 2 is 2.00 bits per heavy atom. The highest BCUT2D eigenvalue weighted by atomic mass is 35.5. The van der Waals surface area contributed by atoms with E-state index in [0.717, 1.165) is 0 Å². The summed E-state index contributed by atoms with van der Waals surface area (Å²) in [5.74, 6) is -0.433. The number of pyridine rings is 1. The van der Waals surface area contributed by atoms with Crippen molar-refractivity contribution in [3.05, 3.63) is 81.5 Å². The third kappa shape index (κ3) is 2.58. The smallest absolute Gasteiger partial charge is 0.258 e. The first-order valence-corrected chi connectivity index (χ1v) is 6.37. The van der Waals surface area contributed by atoms with Gasteiger partial charge in [0.15, 0.2) is 0 Å². The van der Waals surface area contributed by atoms with Crippen LogP contribution in [0.25, 0.3) is 12.2 Å². The molecule has 0 bridgehead atoms. The number of benzene rings is 1. The Kier molecular flexibility index (Phi) is 4.20. The molecule has 102 valence electrons. The fraction of sp³-hybridized carbons (Fsp3) is 0.0625. The fourth-order valence-electron chi connectivity index (χ4n) is 1.97. The predicted octanol–water partition coefficient (Wildman–Crippen LogP) is 3.98. The summed E-state index contributed by atoms with van der Waals surface area (Å²) in [4.78, 5) is 12.3. The molecular formula is C16H13ClFNO. The molecular weight excluding hydrogens is 277 g/mol. The molecule has 0 aliphatic carbocycles. The van der Waals surface area contributed by atoms with E-state index in [2.05, 4.69) is 13.2 Å². The van der Waals surface area contributed by atoms with E-state index in [1.54, 1.807) is 24.4 Å². The van der Waals surface area contributed by atoms with Crippen LogP contribution in [0.15, 0.2) is 48.4 Å². The van der Waals surface area contributed by atoms with E-state index in [1.807, 2.05) is 0 Å². The second-order valence-corrected chi connectivity index (χ2v) is 4.63. The molecule has 0 saturated heterocycles. The van der Waals surface area contributed by atoms with Crippen molar-refractivity contribution in [1.82, 2.24) is 4.57 Å². The van der Waals surface area contributed by atoms with E-state index in [-0.39, 0.29) is 17.7 Å². The average Bonchev–Trinajstić information content (AvgIpc) is 2.44. The van der Waals surface area contributed by atoms with Gasteiger partial charge in [-0.15, -0.1) is 0 Å². The standard InChI is InChI=1S/C16H13ClFNO/c1-3-11-8-9-19(16(20)12(11)4-2)10-13-14(17)6-5-7-15(13)18/h3-9H,1-2,10H2. The Morgan fingerprint density at radius 1 is 1.25 bits per heavy atom. The Morgan fingerprint density at radius 3 is 2.60 bits per heavy atom. The van der Waals surface area contributed by atoms with Gasteiger partial charge >= 0.3 is 0 Å². The van der Waals surface area contributed by atoms with Crippen LogP contribution >= 0.6 is 11.6 Å². The van der Waals surface area contributed by atoms with Gasteiger partial charge in [-0.05, 0) is 23.8 Å². The van der Waals surface area contributed by atoms with Crippen molar-refractivity contribution in [2.24, 2.45) is 0 Å². The van der Waals surface area contributed by atoms with Crippen LogP contribution in [0.1, 0.15) is 16.7 Å². The first-order valence-electron chi connectivity index (χ1n) is 5.99. The van der Waals surface area contributed by atoms with Crippen LogP contribution in [0, 0.1) is 5.82 Å². The van der Waals surface area contributed by atoms with E-state index in [4.69, 9.17) is 11.6 Å². The van der Waals surface area contributed by atoms with Gasteiger partial charge in [-0.2, -0.15) is 0 Å². The van der Waals surface area contributed by atoms with Crippen molar-refractivity contribution in [1.29, 1.82) is 0 Å². The molecule has 1 heterocycles. The van der Waals surface area contributed by atoms with Crippen LogP contribution in [-0.2, 0) is 6.54 Å². The molecule has 2 rings (SSSR count). The van der Waals surface area contributed by atoms with Gasteiger partial charge in [0.25, 0.3) is 5.56 Å². The highest BCUT2D eigenvalue weighted by Crippen LogP contribution is 2.20. The lowest BCUT2D eigenvalue weighted by Gasteiger charge is -2.11. The summed E-state index contributed by atoms with van der Waals surface area (Å²) in [6.45, 7) is 7.34. The molecule has 0 N–H and O–H groups in total. The topological polar surface area (TPSA) is 22.0 Å². The minimum absolute atomic E-state index is 0.0720. The lowest BCUT2D eigenvalue weighted by molar-refractivity contribution is 0.596. The van der Waals surface area contributed by atoms with E-state index in [1.165, 1.54) is 22.8 Å². The molecule has 2 nitrogen and oxygen atoms in total. The van der Waals surface area contributed by atoms with Gasteiger partial charge in [-0.3, -0.25) is 4.79 Å². The normalized spacial score (nSPS) is 10.3. The maximum absolute atomic E-state index is 13.8.